The highest BCUT2D eigenvalue weighted by Gasteiger charge is 2.33. The molecule has 1 amide bonds. The van der Waals surface area contributed by atoms with Crippen molar-refractivity contribution in [2.24, 2.45) is 0 Å². The molecule has 106 valence electrons. The molecular formula is C12H15F3N2OS. The van der Waals surface area contributed by atoms with Crippen LogP contribution < -0.4 is 0 Å². The molecule has 1 saturated heterocycles. The normalized spacial score (nSPS) is 17.8. The zero-order valence-corrected chi connectivity index (χ0v) is 11.4. The number of hydrogen-bond donors (Lipinski definition) is 0. The molecule has 0 atom stereocenters. The van der Waals surface area contributed by atoms with E-state index in [4.69, 9.17) is 0 Å². The first-order valence-corrected chi connectivity index (χ1v) is 6.81. The number of piperazine rings is 1. The van der Waals surface area contributed by atoms with Gasteiger partial charge < -0.3 is 4.90 Å². The van der Waals surface area contributed by atoms with Gasteiger partial charge in [0.1, 0.15) is 0 Å². The Kier molecular flexibility index (Phi) is 4.15. The summed E-state index contributed by atoms with van der Waals surface area (Å²) < 4.78 is 36.7. The standard InChI is InChI=1S/C12H15F3N2OS/c1-9-2-3-10(19-9)11(18)17-6-4-16(5-7-17)8-12(13,14)15/h2-3H,4-8H2,1H3. The molecule has 1 aromatic rings. The number of halogens is 3. The SMILES string of the molecule is Cc1ccc(C(=O)N2CCN(CC(F)(F)F)CC2)s1. The van der Waals surface area contributed by atoms with E-state index in [0.29, 0.717) is 18.0 Å². The van der Waals surface area contributed by atoms with Gasteiger partial charge in [-0.3, -0.25) is 9.69 Å². The molecule has 2 heterocycles. The van der Waals surface area contributed by atoms with Gasteiger partial charge in [-0.15, -0.1) is 11.3 Å². The van der Waals surface area contributed by atoms with Crippen molar-refractivity contribution in [1.29, 1.82) is 0 Å². The van der Waals surface area contributed by atoms with Crippen LogP contribution in [-0.4, -0.2) is 54.6 Å². The molecule has 0 radical (unpaired) electrons. The fourth-order valence-electron chi connectivity index (χ4n) is 2.07. The summed E-state index contributed by atoms with van der Waals surface area (Å²) in [5.41, 5.74) is 0. The quantitative estimate of drug-likeness (QED) is 0.835. The predicted octanol–water partition coefficient (Wildman–Crippen LogP) is 2.38. The van der Waals surface area contributed by atoms with Crippen LogP contribution in [0.1, 0.15) is 14.5 Å². The largest absolute Gasteiger partial charge is 0.401 e. The van der Waals surface area contributed by atoms with Crippen molar-refractivity contribution in [3.8, 4) is 0 Å². The number of nitrogens with zero attached hydrogens (tertiary/aromatic N) is 2. The molecule has 0 unspecified atom stereocenters. The van der Waals surface area contributed by atoms with Crippen LogP contribution in [0, 0.1) is 6.92 Å². The molecule has 0 N–H and O–H groups in total. The minimum atomic E-state index is -4.17. The topological polar surface area (TPSA) is 23.6 Å². The van der Waals surface area contributed by atoms with Gasteiger partial charge in [-0.25, -0.2) is 0 Å². The van der Waals surface area contributed by atoms with Crippen LogP contribution in [-0.2, 0) is 0 Å². The summed E-state index contributed by atoms with van der Waals surface area (Å²) in [5, 5.41) is 0. The Labute approximate surface area is 113 Å². The van der Waals surface area contributed by atoms with E-state index in [9.17, 15) is 18.0 Å². The maximum atomic E-state index is 12.2. The van der Waals surface area contributed by atoms with Gasteiger partial charge in [0.2, 0.25) is 0 Å². The number of carbonyl (C=O) groups is 1. The van der Waals surface area contributed by atoms with Gasteiger partial charge in [0.15, 0.2) is 0 Å². The summed E-state index contributed by atoms with van der Waals surface area (Å²) in [5.74, 6) is -0.0789. The number of thiophene rings is 1. The zero-order chi connectivity index (χ0) is 14.0. The van der Waals surface area contributed by atoms with Crippen molar-refractivity contribution >= 4 is 17.2 Å². The summed E-state index contributed by atoms with van der Waals surface area (Å²) in [7, 11) is 0. The highest BCUT2D eigenvalue weighted by molar-refractivity contribution is 7.13. The van der Waals surface area contributed by atoms with Gasteiger partial charge in [0.25, 0.3) is 5.91 Å². The second-order valence-electron chi connectivity index (χ2n) is 4.59. The van der Waals surface area contributed by atoms with E-state index < -0.39 is 12.7 Å². The van der Waals surface area contributed by atoms with Crippen LogP contribution in [0.2, 0.25) is 0 Å². The van der Waals surface area contributed by atoms with Crippen LogP contribution in [0.5, 0.6) is 0 Å². The molecular weight excluding hydrogens is 277 g/mol. The average Bonchev–Trinajstić information content (AvgIpc) is 2.74. The van der Waals surface area contributed by atoms with E-state index in [1.165, 1.54) is 16.2 Å². The molecule has 0 spiro atoms. The van der Waals surface area contributed by atoms with Crippen LogP contribution in [0.15, 0.2) is 12.1 Å². The summed E-state index contributed by atoms with van der Waals surface area (Å²) in [6.45, 7) is 2.28. The molecule has 7 heteroatoms. The Morgan fingerprint density at radius 1 is 1.26 bits per heavy atom. The fraction of sp³-hybridized carbons (Fsp3) is 0.583. The first kappa shape index (κ1) is 14.3. The minimum absolute atomic E-state index is 0.0789. The van der Waals surface area contributed by atoms with E-state index in [1.54, 1.807) is 11.0 Å². The molecule has 0 aromatic carbocycles. The summed E-state index contributed by atoms with van der Waals surface area (Å²) in [6, 6.07) is 3.64. The van der Waals surface area contributed by atoms with Crippen molar-refractivity contribution in [2.45, 2.75) is 13.1 Å². The van der Waals surface area contributed by atoms with Crippen LogP contribution in [0.25, 0.3) is 0 Å². The van der Waals surface area contributed by atoms with E-state index in [-0.39, 0.29) is 19.0 Å². The van der Waals surface area contributed by atoms with Crippen molar-refractivity contribution in [2.75, 3.05) is 32.7 Å². The zero-order valence-electron chi connectivity index (χ0n) is 10.5. The Morgan fingerprint density at radius 3 is 2.37 bits per heavy atom. The molecule has 1 aromatic heterocycles. The lowest BCUT2D eigenvalue weighted by Gasteiger charge is -2.34. The monoisotopic (exact) mass is 292 g/mol. The molecule has 2 rings (SSSR count). The maximum Gasteiger partial charge on any atom is 0.401 e. The molecule has 0 saturated carbocycles. The van der Waals surface area contributed by atoms with Gasteiger partial charge in [-0.1, -0.05) is 0 Å². The van der Waals surface area contributed by atoms with Gasteiger partial charge >= 0.3 is 6.18 Å². The number of carbonyl (C=O) groups excluding carboxylic acids is 1. The van der Waals surface area contributed by atoms with Crippen molar-refractivity contribution in [3.63, 3.8) is 0 Å². The molecule has 1 fully saturated rings. The van der Waals surface area contributed by atoms with E-state index in [1.807, 2.05) is 13.0 Å². The molecule has 3 nitrogen and oxygen atoms in total. The van der Waals surface area contributed by atoms with Crippen LogP contribution in [0.3, 0.4) is 0 Å². The van der Waals surface area contributed by atoms with E-state index >= 15 is 0 Å². The summed E-state index contributed by atoms with van der Waals surface area (Å²) in [6.07, 6.45) is -4.17. The van der Waals surface area contributed by atoms with Gasteiger partial charge in [-0.05, 0) is 19.1 Å². The Morgan fingerprint density at radius 2 is 1.89 bits per heavy atom. The highest BCUT2D eigenvalue weighted by atomic mass is 32.1. The molecule has 19 heavy (non-hydrogen) atoms. The van der Waals surface area contributed by atoms with Crippen molar-refractivity contribution in [3.05, 3.63) is 21.9 Å². The highest BCUT2D eigenvalue weighted by Crippen LogP contribution is 2.20. The molecule has 0 aliphatic carbocycles. The summed E-state index contributed by atoms with van der Waals surface area (Å²) in [4.78, 5) is 16.8. The van der Waals surface area contributed by atoms with Crippen LogP contribution in [0.4, 0.5) is 13.2 Å². The molecule has 0 bridgehead atoms. The van der Waals surface area contributed by atoms with Crippen LogP contribution >= 0.6 is 11.3 Å². The number of amides is 1. The lowest BCUT2D eigenvalue weighted by molar-refractivity contribution is -0.148. The van der Waals surface area contributed by atoms with E-state index in [0.717, 1.165) is 4.88 Å². The van der Waals surface area contributed by atoms with E-state index in [2.05, 4.69) is 0 Å². The average molecular weight is 292 g/mol. The number of hydrogen-bond acceptors (Lipinski definition) is 3. The number of alkyl halides is 3. The fourth-order valence-corrected chi connectivity index (χ4v) is 2.90. The smallest absolute Gasteiger partial charge is 0.335 e. The minimum Gasteiger partial charge on any atom is -0.335 e. The first-order valence-electron chi connectivity index (χ1n) is 6.00. The first-order chi connectivity index (χ1) is 8.85. The molecule has 1 aliphatic heterocycles. The predicted molar refractivity (Wildman–Crippen MR) is 67.5 cm³/mol. The maximum absolute atomic E-state index is 12.2. The number of rotatable bonds is 2. The third kappa shape index (κ3) is 3.94. The lowest BCUT2D eigenvalue weighted by Crippen LogP contribution is -2.50. The van der Waals surface area contributed by atoms with Gasteiger partial charge in [0.05, 0.1) is 11.4 Å². The number of aryl methyl sites for hydroxylation is 1. The Bertz CT molecular complexity index is 450. The third-order valence-corrected chi connectivity index (χ3v) is 4.00. The second kappa shape index (κ2) is 5.50. The molecule has 1 aliphatic rings. The third-order valence-electron chi connectivity index (χ3n) is 3.01. The Balaban J connectivity index is 1.88. The van der Waals surface area contributed by atoms with Crippen molar-refractivity contribution in [1.82, 2.24) is 9.80 Å². The van der Waals surface area contributed by atoms with Gasteiger partial charge in [-0.2, -0.15) is 13.2 Å². The van der Waals surface area contributed by atoms with Gasteiger partial charge in [0, 0.05) is 31.1 Å². The second-order valence-corrected chi connectivity index (χ2v) is 5.88. The van der Waals surface area contributed by atoms with Crippen molar-refractivity contribution < 1.29 is 18.0 Å². The lowest BCUT2D eigenvalue weighted by atomic mass is 10.3. The summed E-state index contributed by atoms with van der Waals surface area (Å²) >= 11 is 1.42. The Hall–Kier alpha value is -1.08.